The number of piperidine rings is 1. The molecule has 1 saturated heterocycles. The largest absolute Gasteiger partial charge is 0.343 e. The van der Waals surface area contributed by atoms with E-state index in [-0.39, 0.29) is 11.8 Å². The molecule has 2 aliphatic heterocycles. The minimum Gasteiger partial charge on any atom is -0.343 e. The van der Waals surface area contributed by atoms with Crippen LogP contribution in [0.1, 0.15) is 36.9 Å². The molecule has 0 radical (unpaired) electrons. The van der Waals surface area contributed by atoms with E-state index in [1.165, 1.54) is 0 Å². The zero-order valence-corrected chi connectivity index (χ0v) is 21.2. The maximum Gasteiger partial charge on any atom is 0.238 e. The molecule has 2 amide bonds. The lowest BCUT2D eigenvalue weighted by molar-refractivity contribution is -0.135. The van der Waals surface area contributed by atoms with E-state index < -0.39 is 5.41 Å². The summed E-state index contributed by atoms with van der Waals surface area (Å²) < 4.78 is 0. The Labute approximate surface area is 221 Å². The molecule has 3 aromatic heterocycles. The van der Waals surface area contributed by atoms with Gasteiger partial charge in [-0.15, -0.1) is 0 Å². The first kappa shape index (κ1) is 24.2. The number of hydrogen-bond donors (Lipinski definition) is 1. The van der Waals surface area contributed by atoms with Gasteiger partial charge in [0.15, 0.2) is 0 Å². The molecule has 0 bridgehead atoms. The highest BCUT2D eigenvalue weighted by atomic mass is 16.2. The number of carbonyl (C=O) groups is 2. The number of pyridine rings is 3. The zero-order valence-electron chi connectivity index (χ0n) is 21.2. The molecule has 0 unspecified atom stereocenters. The van der Waals surface area contributed by atoms with Crippen molar-refractivity contribution in [2.45, 2.75) is 37.6 Å². The van der Waals surface area contributed by atoms with Crippen LogP contribution < -0.4 is 10.6 Å². The Kier molecular flexibility index (Phi) is 6.33. The fourth-order valence-electron chi connectivity index (χ4n) is 5.99. The molecular weight excluding hydrogens is 476 g/mol. The Bertz CT molecular complexity index is 1500. The summed E-state index contributed by atoms with van der Waals surface area (Å²) in [5.41, 5.74) is 9.51. The molecule has 192 valence electrons. The highest BCUT2D eigenvalue weighted by molar-refractivity contribution is 6.08. The van der Waals surface area contributed by atoms with Gasteiger partial charge in [-0.05, 0) is 48.9 Å². The van der Waals surface area contributed by atoms with Crippen LogP contribution in [0.2, 0.25) is 0 Å². The van der Waals surface area contributed by atoms with Gasteiger partial charge >= 0.3 is 0 Å². The van der Waals surface area contributed by atoms with Gasteiger partial charge in [-0.2, -0.15) is 0 Å². The number of carbonyl (C=O) groups excluding carboxylic acids is 2. The number of amides is 2. The number of hydrogen-bond acceptors (Lipinski definition) is 6. The van der Waals surface area contributed by atoms with Gasteiger partial charge in [0, 0.05) is 60.8 Å². The molecule has 5 heterocycles. The Morgan fingerprint density at radius 1 is 0.974 bits per heavy atom. The molecule has 38 heavy (non-hydrogen) atoms. The van der Waals surface area contributed by atoms with Crippen LogP contribution in [0.4, 0.5) is 5.69 Å². The fourth-order valence-corrected chi connectivity index (χ4v) is 5.99. The number of likely N-dealkylation sites (tertiary alicyclic amines) is 1. The number of aromatic nitrogens is 3. The predicted molar refractivity (Wildman–Crippen MR) is 146 cm³/mol. The first-order valence-corrected chi connectivity index (χ1v) is 13.1. The van der Waals surface area contributed by atoms with Crippen LogP contribution in [0.5, 0.6) is 0 Å². The first-order valence-electron chi connectivity index (χ1n) is 13.1. The van der Waals surface area contributed by atoms with E-state index >= 15 is 0 Å². The molecule has 8 nitrogen and oxygen atoms in total. The smallest absolute Gasteiger partial charge is 0.238 e. The number of nitrogens with two attached hydrogens (primary N) is 1. The predicted octanol–water partition coefficient (Wildman–Crippen LogP) is 3.84. The Balaban J connectivity index is 1.36. The molecule has 8 heteroatoms. The van der Waals surface area contributed by atoms with E-state index in [0.717, 1.165) is 38.8 Å². The van der Waals surface area contributed by atoms with Crippen LogP contribution in [0.25, 0.3) is 21.9 Å². The SMILES string of the molecule is NCCCC(=O)N1CCC2(CC1)C(=O)N(Cc1ncc3ccccc3c1-c1cccnc1)c1cnccc12. The normalized spacial score (nSPS) is 16.3. The lowest BCUT2D eigenvalue weighted by Gasteiger charge is -2.38. The van der Waals surface area contributed by atoms with Crippen LogP contribution in [0, 0.1) is 0 Å². The Hall–Kier alpha value is -4.17. The van der Waals surface area contributed by atoms with Crippen LogP contribution in [-0.4, -0.2) is 51.3 Å². The van der Waals surface area contributed by atoms with Crippen LogP contribution in [0.3, 0.4) is 0 Å². The molecule has 6 rings (SSSR count). The second kappa shape index (κ2) is 9.95. The molecule has 1 aromatic carbocycles. The van der Waals surface area contributed by atoms with Gasteiger partial charge in [-0.25, -0.2) is 0 Å². The van der Waals surface area contributed by atoms with E-state index in [0.29, 0.717) is 51.9 Å². The monoisotopic (exact) mass is 506 g/mol. The summed E-state index contributed by atoms with van der Waals surface area (Å²) in [6.07, 6.45) is 11.3. The quantitative estimate of drug-likeness (QED) is 0.426. The van der Waals surface area contributed by atoms with Crippen LogP contribution in [0.15, 0.2) is 73.4 Å². The van der Waals surface area contributed by atoms with Gasteiger partial charge in [0.25, 0.3) is 0 Å². The second-order valence-electron chi connectivity index (χ2n) is 10.0. The van der Waals surface area contributed by atoms with Crippen molar-refractivity contribution in [3.8, 4) is 11.1 Å². The van der Waals surface area contributed by atoms with Gasteiger partial charge in [-0.3, -0.25) is 24.5 Å². The van der Waals surface area contributed by atoms with Crippen molar-refractivity contribution in [2.75, 3.05) is 24.5 Å². The third-order valence-electron chi connectivity index (χ3n) is 7.96. The third kappa shape index (κ3) is 4.01. The van der Waals surface area contributed by atoms with Crippen LogP contribution in [-0.2, 0) is 21.5 Å². The molecule has 2 N–H and O–H groups in total. The van der Waals surface area contributed by atoms with E-state index in [1.807, 2.05) is 58.6 Å². The highest BCUT2D eigenvalue weighted by Gasteiger charge is 2.52. The van der Waals surface area contributed by atoms with Crippen molar-refractivity contribution < 1.29 is 9.59 Å². The average Bonchev–Trinajstić information content (AvgIpc) is 3.19. The maximum atomic E-state index is 14.2. The van der Waals surface area contributed by atoms with Crippen molar-refractivity contribution in [3.05, 3.63) is 84.7 Å². The molecule has 4 aromatic rings. The summed E-state index contributed by atoms with van der Waals surface area (Å²) in [5, 5.41) is 2.11. The third-order valence-corrected chi connectivity index (χ3v) is 7.96. The molecule has 2 aliphatic rings. The van der Waals surface area contributed by atoms with E-state index in [9.17, 15) is 9.59 Å². The Morgan fingerprint density at radius 2 is 1.79 bits per heavy atom. The molecule has 1 spiro atoms. The molecule has 0 saturated carbocycles. The number of nitrogens with zero attached hydrogens (tertiary/aromatic N) is 5. The summed E-state index contributed by atoms with van der Waals surface area (Å²) in [6.45, 7) is 1.94. The summed E-state index contributed by atoms with van der Waals surface area (Å²) in [5.74, 6) is 0.172. The van der Waals surface area contributed by atoms with E-state index in [1.54, 1.807) is 18.6 Å². The van der Waals surface area contributed by atoms with E-state index in [2.05, 4.69) is 16.0 Å². The topological polar surface area (TPSA) is 105 Å². The number of fused-ring (bicyclic) bond motifs is 3. The summed E-state index contributed by atoms with van der Waals surface area (Å²) >= 11 is 0. The molecule has 1 fully saturated rings. The lowest BCUT2D eigenvalue weighted by Crippen LogP contribution is -2.50. The Morgan fingerprint density at radius 3 is 2.58 bits per heavy atom. The van der Waals surface area contributed by atoms with Gasteiger partial charge in [-0.1, -0.05) is 30.3 Å². The van der Waals surface area contributed by atoms with Gasteiger partial charge in [0.05, 0.1) is 29.5 Å². The van der Waals surface area contributed by atoms with Crippen molar-refractivity contribution in [3.63, 3.8) is 0 Å². The summed E-state index contributed by atoms with van der Waals surface area (Å²) in [4.78, 5) is 44.1. The standard InChI is InChI=1S/C30H30N6O2/c31-12-3-8-27(37)35-15-10-30(11-16-35)24-9-14-33-19-26(24)36(29(30)38)20-25-28(22-6-4-13-32-17-22)23-7-2-1-5-21(23)18-34-25/h1-2,4-7,9,13-14,17-19H,3,8,10-12,15-16,20,31H2. The van der Waals surface area contributed by atoms with Crippen molar-refractivity contribution in [1.82, 2.24) is 19.9 Å². The zero-order chi connectivity index (χ0) is 26.1. The van der Waals surface area contributed by atoms with Gasteiger partial charge in [0.2, 0.25) is 11.8 Å². The average molecular weight is 507 g/mol. The van der Waals surface area contributed by atoms with E-state index in [4.69, 9.17) is 10.7 Å². The highest BCUT2D eigenvalue weighted by Crippen LogP contribution is 2.48. The minimum atomic E-state index is -0.658. The number of benzene rings is 1. The molecule has 0 atom stereocenters. The number of anilines is 1. The maximum absolute atomic E-state index is 14.2. The molecule has 0 aliphatic carbocycles. The summed E-state index contributed by atoms with van der Waals surface area (Å²) in [6, 6.07) is 14.1. The van der Waals surface area contributed by atoms with Crippen molar-refractivity contribution in [1.29, 1.82) is 0 Å². The van der Waals surface area contributed by atoms with Crippen LogP contribution >= 0.6 is 0 Å². The van der Waals surface area contributed by atoms with Gasteiger partial charge in [0.1, 0.15) is 0 Å². The number of rotatable bonds is 6. The van der Waals surface area contributed by atoms with Gasteiger partial charge < -0.3 is 15.5 Å². The second-order valence-corrected chi connectivity index (χ2v) is 10.0. The lowest BCUT2D eigenvalue weighted by atomic mass is 9.74. The summed E-state index contributed by atoms with van der Waals surface area (Å²) in [7, 11) is 0. The molecular formula is C30H30N6O2. The first-order chi connectivity index (χ1) is 18.6. The van der Waals surface area contributed by atoms with Crippen molar-refractivity contribution >= 4 is 28.3 Å². The van der Waals surface area contributed by atoms with Crippen molar-refractivity contribution in [2.24, 2.45) is 5.73 Å². The fraction of sp³-hybridized carbons (Fsp3) is 0.300. The minimum absolute atomic E-state index is 0.0571.